The van der Waals surface area contributed by atoms with E-state index in [0.717, 1.165) is 0 Å². The summed E-state index contributed by atoms with van der Waals surface area (Å²) in [6, 6.07) is 0. The lowest BCUT2D eigenvalue weighted by atomic mass is 10.4. The summed E-state index contributed by atoms with van der Waals surface area (Å²) in [6.07, 6.45) is 7.06. The Kier molecular flexibility index (Phi) is 3.94. The van der Waals surface area contributed by atoms with E-state index in [1.165, 1.54) is 51.9 Å². The molecule has 0 bridgehead atoms. The molecule has 2 rings (SSSR count). The average Bonchev–Trinajstić information content (AvgIpc) is 2.75. The van der Waals surface area contributed by atoms with Gasteiger partial charge in [-0.2, -0.15) is 0 Å². The van der Waals surface area contributed by atoms with Crippen molar-refractivity contribution >= 4 is 17.8 Å². The van der Waals surface area contributed by atoms with Crippen LogP contribution in [0.25, 0.3) is 0 Å². The summed E-state index contributed by atoms with van der Waals surface area (Å²) in [6.45, 7) is 4.67. The summed E-state index contributed by atoms with van der Waals surface area (Å²) in [5, 5.41) is 0. The summed E-state index contributed by atoms with van der Waals surface area (Å²) in [4.78, 5) is 0. The monoisotopic (exact) mass is 234 g/mol. The van der Waals surface area contributed by atoms with Gasteiger partial charge in [-0.25, -0.2) is 0 Å². The maximum absolute atomic E-state index is 11.8. The first-order chi connectivity index (χ1) is 6.79. The van der Waals surface area contributed by atoms with Gasteiger partial charge in [0, 0.05) is 32.4 Å². The fourth-order valence-electron chi connectivity index (χ4n) is 2.25. The topological polar surface area (TPSA) is 23.6 Å². The third-order valence-corrected chi connectivity index (χ3v) is 7.87. The Labute approximate surface area is 89.9 Å². The maximum atomic E-state index is 11.8. The van der Waals surface area contributed by atoms with E-state index in [2.05, 4.69) is 9.34 Å². The molecular weight excluding hydrogens is 215 g/mol. The van der Waals surface area contributed by atoms with E-state index in [1.807, 2.05) is 6.26 Å². The summed E-state index contributed by atoms with van der Waals surface area (Å²) < 4.78 is 16.7. The van der Waals surface area contributed by atoms with E-state index in [9.17, 15) is 4.21 Å². The number of rotatable bonds is 3. The Morgan fingerprint density at radius 1 is 0.929 bits per heavy atom. The van der Waals surface area contributed by atoms with E-state index in [4.69, 9.17) is 0 Å². The molecule has 2 aliphatic heterocycles. The smallest absolute Gasteiger partial charge is 0.136 e. The predicted octanol–water partition coefficient (Wildman–Crippen LogP) is 1.78. The van der Waals surface area contributed by atoms with Gasteiger partial charge in [0.2, 0.25) is 0 Å². The molecule has 0 aromatic heterocycles. The summed E-state index contributed by atoms with van der Waals surface area (Å²) >= 11 is 0. The van der Waals surface area contributed by atoms with Gasteiger partial charge in [0.1, 0.15) is 7.42 Å². The van der Waals surface area contributed by atoms with Crippen LogP contribution in [0, 0.1) is 0 Å². The van der Waals surface area contributed by atoms with Crippen molar-refractivity contribution in [2.75, 3.05) is 32.4 Å². The lowest BCUT2D eigenvalue weighted by molar-refractivity contribution is 0.486. The van der Waals surface area contributed by atoms with Gasteiger partial charge in [0.05, 0.1) is 10.4 Å². The lowest BCUT2D eigenvalue weighted by Crippen LogP contribution is -2.26. The van der Waals surface area contributed by atoms with Crippen LogP contribution in [-0.2, 0) is 10.4 Å². The summed E-state index contributed by atoms with van der Waals surface area (Å²) in [7, 11) is -1.15. The van der Waals surface area contributed by atoms with Gasteiger partial charge >= 0.3 is 0 Å². The Morgan fingerprint density at radius 2 is 1.29 bits per heavy atom. The highest BCUT2D eigenvalue weighted by Crippen LogP contribution is 2.50. The van der Waals surface area contributed by atoms with Gasteiger partial charge in [0.15, 0.2) is 0 Å². The van der Waals surface area contributed by atoms with Gasteiger partial charge in [-0.15, -0.1) is 0 Å². The van der Waals surface area contributed by atoms with Crippen LogP contribution in [0.3, 0.4) is 0 Å². The summed E-state index contributed by atoms with van der Waals surface area (Å²) in [5.41, 5.74) is 0. The normalized spacial score (nSPS) is 27.6. The van der Waals surface area contributed by atoms with Gasteiger partial charge in [-0.1, -0.05) is 0 Å². The molecule has 14 heavy (non-hydrogen) atoms. The van der Waals surface area contributed by atoms with E-state index >= 15 is 0 Å². The Bertz CT molecular complexity index is 199. The Balaban J connectivity index is 2.02. The average molecular weight is 234 g/mol. The van der Waals surface area contributed by atoms with Crippen LogP contribution in [0.15, 0.2) is 0 Å². The van der Waals surface area contributed by atoms with Gasteiger partial charge in [-0.05, 0) is 25.7 Å². The molecule has 0 aliphatic carbocycles. The van der Waals surface area contributed by atoms with E-state index < -0.39 is 17.8 Å². The Morgan fingerprint density at radius 3 is 1.57 bits per heavy atom. The van der Waals surface area contributed by atoms with Crippen LogP contribution >= 0.6 is 7.42 Å². The Hall–Kier alpha value is 0.500. The molecule has 2 fully saturated rings. The van der Waals surface area contributed by atoms with Crippen molar-refractivity contribution in [2.45, 2.75) is 25.7 Å². The number of hydrogen-bond donors (Lipinski definition) is 0. The molecule has 1 unspecified atom stereocenters. The number of nitrogens with zero attached hydrogens (tertiary/aromatic N) is 2. The molecule has 0 aromatic carbocycles. The minimum Gasteiger partial charge on any atom is -0.260 e. The van der Waals surface area contributed by atoms with E-state index in [1.54, 1.807) is 0 Å². The zero-order valence-electron chi connectivity index (χ0n) is 8.81. The molecule has 3 nitrogen and oxygen atoms in total. The highest BCUT2D eigenvalue weighted by atomic mass is 32.7. The first-order valence-electron chi connectivity index (χ1n) is 5.42. The zero-order chi connectivity index (χ0) is 9.97. The molecule has 2 heterocycles. The molecule has 0 amide bonds. The van der Waals surface area contributed by atoms with Crippen LogP contribution < -0.4 is 0 Å². The van der Waals surface area contributed by atoms with Gasteiger partial charge < -0.3 is 0 Å². The van der Waals surface area contributed by atoms with Crippen LogP contribution in [-0.4, -0.2) is 46.0 Å². The lowest BCUT2D eigenvalue weighted by Gasteiger charge is -2.32. The fraction of sp³-hybridized carbons (Fsp3) is 1.00. The molecule has 2 aliphatic rings. The highest BCUT2D eigenvalue weighted by Gasteiger charge is 2.32. The third-order valence-electron chi connectivity index (χ3n) is 2.88. The molecule has 0 radical (unpaired) electrons. The van der Waals surface area contributed by atoms with Crippen LogP contribution in [0.5, 0.6) is 0 Å². The minimum absolute atomic E-state index is 0.483. The molecule has 2 saturated heterocycles. The molecule has 5 heteroatoms. The first-order valence-corrected chi connectivity index (χ1v) is 8.83. The van der Waals surface area contributed by atoms with Gasteiger partial charge in [0.25, 0.3) is 0 Å². The second kappa shape index (κ2) is 5.02. The molecule has 82 valence electrons. The van der Waals surface area contributed by atoms with E-state index in [0.29, 0.717) is 0 Å². The highest BCUT2D eigenvalue weighted by molar-refractivity contribution is 8.44. The SMILES string of the molecule is CS(=O)P(N1CCCC1)N1CCCC1. The second-order valence-corrected chi connectivity index (χ2v) is 9.00. The van der Waals surface area contributed by atoms with Crippen LogP contribution in [0.1, 0.15) is 25.7 Å². The summed E-state index contributed by atoms with van der Waals surface area (Å²) in [5.74, 6) is 0. The molecule has 0 N–H and O–H groups in total. The standard InChI is InChI=1S/C9H19N2OPS/c1-14(12)13(10-6-2-3-7-10)11-8-4-5-9-11/h2-9H2,1H3. The first kappa shape index (κ1) is 11.0. The van der Waals surface area contributed by atoms with Crippen molar-refractivity contribution in [1.29, 1.82) is 0 Å². The van der Waals surface area contributed by atoms with Crippen molar-refractivity contribution in [1.82, 2.24) is 9.34 Å². The molecule has 0 saturated carbocycles. The minimum atomic E-state index is -0.666. The maximum Gasteiger partial charge on any atom is 0.136 e. The predicted molar refractivity (Wildman–Crippen MR) is 62.6 cm³/mol. The van der Waals surface area contributed by atoms with Crippen molar-refractivity contribution in [3.05, 3.63) is 0 Å². The van der Waals surface area contributed by atoms with Crippen molar-refractivity contribution in [3.8, 4) is 0 Å². The van der Waals surface area contributed by atoms with Crippen molar-refractivity contribution < 1.29 is 4.21 Å². The molecule has 0 aromatic rings. The molecular formula is C9H19N2OPS. The number of hydrogen-bond acceptors (Lipinski definition) is 3. The molecule has 1 atom stereocenters. The second-order valence-electron chi connectivity index (χ2n) is 4.00. The van der Waals surface area contributed by atoms with Crippen molar-refractivity contribution in [2.24, 2.45) is 0 Å². The van der Waals surface area contributed by atoms with Crippen molar-refractivity contribution in [3.63, 3.8) is 0 Å². The molecule has 0 spiro atoms. The fourth-order valence-corrected chi connectivity index (χ4v) is 7.44. The largest absolute Gasteiger partial charge is 0.260 e. The quantitative estimate of drug-likeness (QED) is 0.695. The third kappa shape index (κ3) is 2.35. The zero-order valence-corrected chi connectivity index (χ0v) is 10.5. The van der Waals surface area contributed by atoms with Gasteiger partial charge in [-0.3, -0.25) is 13.5 Å². The van der Waals surface area contributed by atoms with Crippen LogP contribution in [0.4, 0.5) is 0 Å². The van der Waals surface area contributed by atoms with Crippen LogP contribution in [0.2, 0.25) is 0 Å². The van der Waals surface area contributed by atoms with E-state index in [-0.39, 0.29) is 0 Å².